The number of amides is 1. The molecule has 3 aromatic rings. The number of nitrogens with zero attached hydrogens (tertiary/aromatic N) is 3. The van der Waals surface area contributed by atoms with Crippen molar-refractivity contribution in [2.24, 2.45) is 0 Å². The molecule has 2 aromatic carbocycles. The minimum absolute atomic E-state index is 0.00530. The number of aliphatic hydroxyl groups excluding tert-OH is 1. The van der Waals surface area contributed by atoms with Gasteiger partial charge in [0, 0.05) is 29.8 Å². The number of carbonyl (C=O) groups is 1. The Bertz CT molecular complexity index is 1090. The van der Waals surface area contributed by atoms with Gasteiger partial charge < -0.3 is 9.67 Å². The second-order valence-electron chi connectivity index (χ2n) is 7.16. The standard InChI is InChI=1S/C20H19FN4O4/c21-13-4-9-18-17(11-13)22-20(24(18)14-5-7-16(26)8-6-14)23-19(27)12-2-1-3-15(10-12)25(28)29/h1-4,9-11,14,16,26H,5-8H2,(H,22,23,27)/t14-,16-. The average molecular weight is 398 g/mol. The van der Waals surface area contributed by atoms with E-state index in [4.69, 9.17) is 0 Å². The first-order valence-corrected chi connectivity index (χ1v) is 9.34. The highest BCUT2D eigenvalue weighted by Crippen LogP contribution is 2.34. The Kier molecular flexibility index (Phi) is 4.98. The number of anilines is 1. The molecule has 29 heavy (non-hydrogen) atoms. The minimum Gasteiger partial charge on any atom is -0.393 e. The molecule has 1 aliphatic carbocycles. The van der Waals surface area contributed by atoms with Crippen molar-refractivity contribution in [3.63, 3.8) is 0 Å². The Balaban J connectivity index is 1.71. The first kappa shape index (κ1) is 19.0. The van der Waals surface area contributed by atoms with Crippen LogP contribution in [-0.4, -0.2) is 31.6 Å². The summed E-state index contributed by atoms with van der Waals surface area (Å²) >= 11 is 0. The van der Waals surface area contributed by atoms with Gasteiger partial charge in [-0.05, 0) is 43.9 Å². The molecule has 1 amide bonds. The first-order valence-electron chi connectivity index (χ1n) is 9.34. The maximum Gasteiger partial charge on any atom is 0.270 e. The van der Waals surface area contributed by atoms with Crippen molar-refractivity contribution in [1.82, 2.24) is 9.55 Å². The molecule has 0 aliphatic heterocycles. The second-order valence-corrected chi connectivity index (χ2v) is 7.16. The lowest BCUT2D eigenvalue weighted by Gasteiger charge is -2.28. The van der Waals surface area contributed by atoms with Crippen molar-refractivity contribution in [3.8, 4) is 0 Å². The lowest BCUT2D eigenvalue weighted by molar-refractivity contribution is -0.384. The van der Waals surface area contributed by atoms with E-state index in [0.29, 0.717) is 36.7 Å². The number of fused-ring (bicyclic) bond motifs is 1. The molecule has 4 rings (SSSR count). The topological polar surface area (TPSA) is 110 Å². The number of nitrogens with one attached hydrogen (secondary N) is 1. The van der Waals surface area contributed by atoms with Gasteiger partial charge in [0.25, 0.3) is 11.6 Å². The Hall–Kier alpha value is -3.33. The molecular weight excluding hydrogens is 379 g/mol. The molecule has 9 heteroatoms. The highest BCUT2D eigenvalue weighted by atomic mass is 19.1. The number of carbonyl (C=O) groups excluding carboxylic acids is 1. The van der Waals surface area contributed by atoms with Crippen molar-refractivity contribution in [2.45, 2.75) is 37.8 Å². The van der Waals surface area contributed by atoms with Gasteiger partial charge in [-0.2, -0.15) is 0 Å². The zero-order chi connectivity index (χ0) is 20.5. The summed E-state index contributed by atoms with van der Waals surface area (Å²) in [5.41, 5.74) is 1.03. The van der Waals surface area contributed by atoms with Crippen LogP contribution in [0.5, 0.6) is 0 Å². The molecule has 1 fully saturated rings. The number of imidazole rings is 1. The fraction of sp³-hybridized carbons (Fsp3) is 0.300. The normalized spacial score (nSPS) is 19.2. The predicted octanol–water partition coefficient (Wildman–Crippen LogP) is 3.81. The van der Waals surface area contributed by atoms with Gasteiger partial charge in [-0.3, -0.25) is 20.2 Å². The lowest BCUT2D eigenvalue weighted by Crippen LogP contribution is -2.23. The quantitative estimate of drug-likeness (QED) is 0.513. The summed E-state index contributed by atoms with van der Waals surface area (Å²) in [6.45, 7) is 0. The van der Waals surface area contributed by atoms with E-state index in [1.54, 1.807) is 6.07 Å². The average Bonchev–Trinajstić information content (AvgIpc) is 3.05. The largest absolute Gasteiger partial charge is 0.393 e. The minimum atomic E-state index is -0.567. The van der Waals surface area contributed by atoms with Crippen LogP contribution >= 0.6 is 0 Å². The summed E-state index contributed by atoms with van der Waals surface area (Å²) in [6.07, 6.45) is 2.31. The summed E-state index contributed by atoms with van der Waals surface area (Å²) in [5, 5.41) is 23.5. The smallest absolute Gasteiger partial charge is 0.270 e. The maximum atomic E-state index is 13.7. The summed E-state index contributed by atoms with van der Waals surface area (Å²) in [6, 6.07) is 9.66. The van der Waals surface area contributed by atoms with Gasteiger partial charge in [0.1, 0.15) is 5.82 Å². The zero-order valence-electron chi connectivity index (χ0n) is 15.4. The highest BCUT2D eigenvalue weighted by Gasteiger charge is 2.26. The molecular formula is C20H19FN4O4. The van der Waals surface area contributed by atoms with Crippen LogP contribution in [0.4, 0.5) is 16.0 Å². The van der Waals surface area contributed by atoms with E-state index < -0.39 is 16.6 Å². The number of hydrogen-bond acceptors (Lipinski definition) is 5. The number of nitro benzene ring substituents is 1. The summed E-state index contributed by atoms with van der Waals surface area (Å²) in [4.78, 5) is 27.5. The number of aliphatic hydroxyl groups is 1. The monoisotopic (exact) mass is 398 g/mol. The van der Waals surface area contributed by atoms with Crippen LogP contribution in [0, 0.1) is 15.9 Å². The molecule has 0 atom stereocenters. The van der Waals surface area contributed by atoms with Crippen LogP contribution in [0.2, 0.25) is 0 Å². The fourth-order valence-corrected chi connectivity index (χ4v) is 3.78. The third-order valence-electron chi connectivity index (χ3n) is 5.23. The van der Waals surface area contributed by atoms with E-state index in [-0.39, 0.29) is 29.3 Å². The lowest BCUT2D eigenvalue weighted by atomic mass is 9.93. The molecule has 0 saturated heterocycles. The Morgan fingerprint density at radius 1 is 1.21 bits per heavy atom. The summed E-state index contributed by atoms with van der Waals surface area (Å²) in [5.74, 6) is -0.720. The number of benzene rings is 2. The Labute approximate surface area is 165 Å². The number of nitro groups is 1. The number of halogens is 1. The van der Waals surface area contributed by atoms with Crippen molar-refractivity contribution in [3.05, 3.63) is 64.0 Å². The van der Waals surface area contributed by atoms with Gasteiger partial charge >= 0.3 is 0 Å². The number of non-ortho nitro benzene ring substituents is 1. The van der Waals surface area contributed by atoms with Crippen LogP contribution in [0.15, 0.2) is 42.5 Å². The molecule has 150 valence electrons. The molecule has 1 heterocycles. The van der Waals surface area contributed by atoms with Crippen molar-refractivity contribution < 1.29 is 19.2 Å². The molecule has 0 spiro atoms. The predicted molar refractivity (Wildman–Crippen MR) is 104 cm³/mol. The Morgan fingerprint density at radius 2 is 1.97 bits per heavy atom. The Morgan fingerprint density at radius 3 is 2.69 bits per heavy atom. The van der Waals surface area contributed by atoms with Crippen LogP contribution < -0.4 is 5.32 Å². The molecule has 0 bridgehead atoms. The maximum absolute atomic E-state index is 13.7. The number of hydrogen-bond donors (Lipinski definition) is 2. The van der Waals surface area contributed by atoms with E-state index in [0.717, 1.165) is 0 Å². The highest BCUT2D eigenvalue weighted by molar-refractivity contribution is 6.04. The number of aromatic nitrogens is 2. The van der Waals surface area contributed by atoms with E-state index in [1.165, 1.54) is 36.4 Å². The van der Waals surface area contributed by atoms with E-state index in [9.17, 15) is 24.4 Å². The molecule has 2 N–H and O–H groups in total. The third-order valence-corrected chi connectivity index (χ3v) is 5.23. The second kappa shape index (κ2) is 7.59. The fourth-order valence-electron chi connectivity index (χ4n) is 3.78. The van der Waals surface area contributed by atoms with Crippen LogP contribution in [0.25, 0.3) is 11.0 Å². The van der Waals surface area contributed by atoms with Crippen molar-refractivity contribution in [2.75, 3.05) is 5.32 Å². The van der Waals surface area contributed by atoms with Crippen LogP contribution in [0.3, 0.4) is 0 Å². The number of rotatable bonds is 4. The van der Waals surface area contributed by atoms with Crippen molar-refractivity contribution >= 4 is 28.6 Å². The molecule has 1 aliphatic rings. The molecule has 0 unspecified atom stereocenters. The van der Waals surface area contributed by atoms with Gasteiger partial charge in [-0.25, -0.2) is 9.37 Å². The van der Waals surface area contributed by atoms with Crippen molar-refractivity contribution in [1.29, 1.82) is 0 Å². The van der Waals surface area contributed by atoms with Gasteiger partial charge in [-0.1, -0.05) is 6.07 Å². The molecule has 1 aromatic heterocycles. The summed E-state index contributed by atoms with van der Waals surface area (Å²) in [7, 11) is 0. The van der Waals surface area contributed by atoms with Gasteiger partial charge in [0.2, 0.25) is 5.95 Å². The van der Waals surface area contributed by atoms with Gasteiger partial charge in [0.05, 0.1) is 22.1 Å². The van der Waals surface area contributed by atoms with Crippen LogP contribution in [-0.2, 0) is 0 Å². The zero-order valence-corrected chi connectivity index (χ0v) is 15.4. The van der Waals surface area contributed by atoms with E-state index >= 15 is 0 Å². The molecule has 1 saturated carbocycles. The SMILES string of the molecule is O=C(Nc1nc2cc(F)ccc2n1[C@H]1CC[C@H](O)CC1)c1cccc([N+](=O)[O-])c1. The van der Waals surface area contributed by atoms with Crippen LogP contribution in [0.1, 0.15) is 42.1 Å². The third kappa shape index (κ3) is 3.81. The summed E-state index contributed by atoms with van der Waals surface area (Å²) < 4.78 is 15.5. The molecule has 0 radical (unpaired) electrons. The first-order chi connectivity index (χ1) is 13.9. The van der Waals surface area contributed by atoms with E-state index in [1.807, 2.05) is 4.57 Å². The van der Waals surface area contributed by atoms with E-state index in [2.05, 4.69) is 10.3 Å². The van der Waals surface area contributed by atoms with Gasteiger partial charge in [0.15, 0.2) is 0 Å². The van der Waals surface area contributed by atoms with Gasteiger partial charge in [-0.15, -0.1) is 0 Å². The molecule has 8 nitrogen and oxygen atoms in total.